The highest BCUT2D eigenvalue weighted by Crippen LogP contribution is 2.22. The van der Waals surface area contributed by atoms with Gasteiger partial charge in [0.25, 0.3) is 0 Å². The highest BCUT2D eigenvalue weighted by molar-refractivity contribution is 7.98. The van der Waals surface area contributed by atoms with E-state index in [0.29, 0.717) is 26.1 Å². The summed E-state index contributed by atoms with van der Waals surface area (Å²) in [6, 6.07) is 6.40. The van der Waals surface area contributed by atoms with Crippen molar-refractivity contribution < 1.29 is 8.42 Å². The zero-order chi connectivity index (χ0) is 18.7. The summed E-state index contributed by atoms with van der Waals surface area (Å²) in [4.78, 5) is 5.87. The van der Waals surface area contributed by atoms with Crippen molar-refractivity contribution in [2.24, 2.45) is 4.99 Å². The van der Waals surface area contributed by atoms with Crippen LogP contribution >= 0.6 is 11.8 Å². The molecule has 0 aliphatic rings. The summed E-state index contributed by atoms with van der Waals surface area (Å²) >= 11 is 1.73. The molecule has 3 N–H and O–H groups in total. The highest BCUT2D eigenvalue weighted by atomic mass is 32.2. The van der Waals surface area contributed by atoms with Gasteiger partial charge >= 0.3 is 0 Å². The number of benzene rings is 1. The van der Waals surface area contributed by atoms with Gasteiger partial charge in [-0.2, -0.15) is 0 Å². The predicted octanol–water partition coefficient (Wildman–Crippen LogP) is 2.10. The van der Waals surface area contributed by atoms with Crippen LogP contribution in [0.25, 0.3) is 0 Å². The third-order valence-electron chi connectivity index (χ3n) is 3.54. The van der Waals surface area contributed by atoms with Gasteiger partial charge < -0.3 is 10.6 Å². The lowest BCUT2D eigenvalue weighted by atomic mass is 10.1. The number of guanidine groups is 1. The maximum Gasteiger partial charge on any atom is 0.211 e. The minimum atomic E-state index is -3.11. The van der Waals surface area contributed by atoms with Crippen molar-refractivity contribution in [1.29, 1.82) is 0 Å². The smallest absolute Gasteiger partial charge is 0.211 e. The molecule has 0 amide bonds. The second-order valence-corrected chi connectivity index (χ2v) is 8.53. The molecular formula is C17H30N4O2S2. The molecule has 1 aromatic rings. The van der Waals surface area contributed by atoms with E-state index in [2.05, 4.69) is 51.7 Å². The molecule has 0 aromatic heterocycles. The molecule has 0 radical (unpaired) electrons. The van der Waals surface area contributed by atoms with Gasteiger partial charge in [0.2, 0.25) is 10.0 Å². The molecule has 0 saturated heterocycles. The molecule has 0 aliphatic carbocycles. The monoisotopic (exact) mass is 386 g/mol. The van der Waals surface area contributed by atoms with Crippen LogP contribution in [0.3, 0.4) is 0 Å². The number of rotatable bonds is 10. The molecule has 1 aromatic carbocycles. The zero-order valence-corrected chi connectivity index (χ0v) is 17.2. The first-order chi connectivity index (χ1) is 11.9. The number of sulfonamides is 1. The zero-order valence-electron chi connectivity index (χ0n) is 15.6. The van der Waals surface area contributed by atoms with E-state index < -0.39 is 10.0 Å². The Morgan fingerprint density at radius 3 is 2.60 bits per heavy atom. The minimum Gasteiger partial charge on any atom is -0.357 e. The van der Waals surface area contributed by atoms with E-state index in [1.54, 1.807) is 18.7 Å². The van der Waals surface area contributed by atoms with Crippen LogP contribution in [0.2, 0.25) is 0 Å². The van der Waals surface area contributed by atoms with E-state index in [-0.39, 0.29) is 5.75 Å². The van der Waals surface area contributed by atoms with Crippen LogP contribution in [0.5, 0.6) is 0 Å². The van der Waals surface area contributed by atoms with Crippen LogP contribution in [0.15, 0.2) is 28.1 Å². The van der Waals surface area contributed by atoms with Gasteiger partial charge in [-0.15, -0.1) is 11.8 Å². The van der Waals surface area contributed by atoms with Crippen LogP contribution in [-0.2, 0) is 16.6 Å². The van der Waals surface area contributed by atoms with Crippen molar-refractivity contribution >= 4 is 27.7 Å². The molecular weight excluding hydrogens is 356 g/mol. The van der Waals surface area contributed by atoms with E-state index in [4.69, 9.17) is 0 Å². The van der Waals surface area contributed by atoms with E-state index in [0.717, 1.165) is 12.5 Å². The van der Waals surface area contributed by atoms with Crippen molar-refractivity contribution in [3.8, 4) is 0 Å². The second-order valence-electron chi connectivity index (χ2n) is 5.59. The fraction of sp³-hybridized carbons (Fsp3) is 0.588. The summed E-state index contributed by atoms with van der Waals surface area (Å²) < 4.78 is 25.3. The standard InChI is InChI=1S/C17H30N4O2S2/c1-5-18-17(19-10-7-11-21-25(22,23)6-2)20-13-15-9-8-14(3)12-16(15)24-4/h8-9,12,21H,5-7,10-11,13H2,1-4H3,(H2,18,19,20). The quantitative estimate of drug-likeness (QED) is 0.248. The maximum absolute atomic E-state index is 11.4. The van der Waals surface area contributed by atoms with Gasteiger partial charge in [0.1, 0.15) is 0 Å². The predicted molar refractivity (Wildman–Crippen MR) is 108 cm³/mol. The van der Waals surface area contributed by atoms with Crippen molar-refractivity contribution in [2.75, 3.05) is 31.6 Å². The summed E-state index contributed by atoms with van der Waals surface area (Å²) in [5, 5.41) is 6.45. The third kappa shape index (κ3) is 8.60. The van der Waals surface area contributed by atoms with Gasteiger partial charge in [-0.1, -0.05) is 12.1 Å². The largest absolute Gasteiger partial charge is 0.357 e. The Bertz CT molecular complexity index is 661. The first kappa shape index (κ1) is 21.8. The molecule has 0 aliphatic heterocycles. The molecule has 0 atom stereocenters. The molecule has 0 heterocycles. The summed E-state index contributed by atoms with van der Waals surface area (Å²) in [7, 11) is -3.11. The van der Waals surface area contributed by atoms with Gasteiger partial charge in [0.15, 0.2) is 5.96 Å². The molecule has 0 spiro atoms. The summed E-state index contributed by atoms with van der Waals surface area (Å²) in [5.74, 6) is 0.854. The summed E-state index contributed by atoms with van der Waals surface area (Å²) in [6.45, 7) is 8.20. The molecule has 0 fully saturated rings. The van der Waals surface area contributed by atoms with Crippen LogP contribution < -0.4 is 15.4 Å². The Morgan fingerprint density at radius 2 is 1.96 bits per heavy atom. The van der Waals surface area contributed by atoms with Gasteiger partial charge in [-0.05, 0) is 50.6 Å². The van der Waals surface area contributed by atoms with Crippen LogP contribution in [0.4, 0.5) is 0 Å². The lowest BCUT2D eigenvalue weighted by Crippen LogP contribution is -2.38. The number of hydrogen-bond acceptors (Lipinski definition) is 4. The Labute approximate surface area is 156 Å². The Hall–Kier alpha value is -1.25. The normalized spacial score (nSPS) is 12.2. The van der Waals surface area contributed by atoms with E-state index in [9.17, 15) is 8.42 Å². The first-order valence-corrected chi connectivity index (χ1v) is 11.4. The fourth-order valence-corrected chi connectivity index (χ4v) is 3.47. The Balaban J connectivity index is 2.54. The van der Waals surface area contributed by atoms with E-state index in [1.807, 2.05) is 6.92 Å². The van der Waals surface area contributed by atoms with Gasteiger partial charge in [0.05, 0.1) is 12.3 Å². The molecule has 142 valence electrons. The fourth-order valence-electron chi connectivity index (χ4n) is 2.11. The number of aliphatic imine (C=N–C) groups is 1. The van der Waals surface area contributed by atoms with Gasteiger partial charge in [-0.25, -0.2) is 18.1 Å². The molecule has 25 heavy (non-hydrogen) atoms. The van der Waals surface area contributed by atoms with Crippen molar-refractivity contribution in [3.05, 3.63) is 29.3 Å². The molecule has 6 nitrogen and oxygen atoms in total. The molecule has 0 unspecified atom stereocenters. The Morgan fingerprint density at radius 1 is 1.20 bits per heavy atom. The van der Waals surface area contributed by atoms with Crippen molar-refractivity contribution in [3.63, 3.8) is 0 Å². The average molecular weight is 387 g/mol. The maximum atomic E-state index is 11.4. The molecule has 8 heteroatoms. The minimum absolute atomic E-state index is 0.110. The van der Waals surface area contributed by atoms with Crippen LogP contribution in [-0.4, -0.2) is 46.0 Å². The summed E-state index contributed by atoms with van der Waals surface area (Å²) in [5.41, 5.74) is 2.45. The first-order valence-electron chi connectivity index (χ1n) is 8.54. The second kappa shape index (κ2) is 11.4. The number of nitrogens with zero attached hydrogens (tertiary/aromatic N) is 1. The highest BCUT2D eigenvalue weighted by Gasteiger charge is 2.05. The number of aryl methyl sites for hydroxylation is 1. The summed E-state index contributed by atoms with van der Waals surface area (Å²) in [6.07, 6.45) is 2.77. The molecule has 1 rings (SSSR count). The van der Waals surface area contributed by atoms with Crippen LogP contribution in [0, 0.1) is 6.92 Å². The average Bonchev–Trinajstić information content (AvgIpc) is 2.59. The van der Waals surface area contributed by atoms with Crippen LogP contribution in [0.1, 0.15) is 31.4 Å². The van der Waals surface area contributed by atoms with Gasteiger partial charge in [0, 0.05) is 24.5 Å². The topological polar surface area (TPSA) is 82.6 Å². The van der Waals surface area contributed by atoms with Crippen molar-refractivity contribution in [2.45, 2.75) is 38.6 Å². The number of hydrogen-bond donors (Lipinski definition) is 3. The molecule has 0 bridgehead atoms. The lowest BCUT2D eigenvalue weighted by molar-refractivity contribution is 0.579. The van der Waals surface area contributed by atoms with Crippen molar-refractivity contribution in [1.82, 2.24) is 15.4 Å². The third-order valence-corrected chi connectivity index (χ3v) is 5.77. The Kier molecular flexibility index (Phi) is 9.92. The SMILES string of the molecule is CCNC(=NCc1ccc(C)cc1SC)NCCCNS(=O)(=O)CC. The number of thioether (sulfide) groups is 1. The van der Waals surface area contributed by atoms with E-state index in [1.165, 1.54) is 16.0 Å². The number of nitrogens with one attached hydrogen (secondary N) is 3. The lowest BCUT2D eigenvalue weighted by Gasteiger charge is -2.12. The van der Waals surface area contributed by atoms with Gasteiger partial charge in [-0.3, -0.25) is 0 Å². The molecule has 0 saturated carbocycles. The van der Waals surface area contributed by atoms with E-state index >= 15 is 0 Å².